The van der Waals surface area contributed by atoms with Gasteiger partial charge in [0.25, 0.3) is 0 Å². The van der Waals surface area contributed by atoms with Crippen LogP contribution in [0.5, 0.6) is 0 Å². The van der Waals surface area contributed by atoms with Gasteiger partial charge in [0.2, 0.25) is 0 Å². The van der Waals surface area contributed by atoms with E-state index in [1.54, 1.807) is 28.7 Å². The minimum absolute atomic E-state index is 0.305. The Morgan fingerprint density at radius 3 is 3.10 bits per heavy atom. The fourth-order valence-electron chi connectivity index (χ4n) is 1.80. The standard InChI is InChI=1S/C13H11N5O2S/c19-13(20)9-4-10(21-6-9)5-16-11-2-1-3-15-12(11)18-8-14-7-17-18/h1-4,6-8,16H,5H2,(H,19,20). The summed E-state index contributed by atoms with van der Waals surface area (Å²) in [7, 11) is 0. The van der Waals surface area contributed by atoms with Crippen LogP contribution < -0.4 is 5.32 Å². The molecule has 7 nitrogen and oxygen atoms in total. The maximum absolute atomic E-state index is 10.9. The van der Waals surface area contributed by atoms with Crippen molar-refractivity contribution < 1.29 is 9.90 Å². The minimum Gasteiger partial charge on any atom is -0.478 e. The monoisotopic (exact) mass is 301 g/mol. The van der Waals surface area contributed by atoms with Crippen LogP contribution in [0.25, 0.3) is 5.82 Å². The van der Waals surface area contributed by atoms with Crippen molar-refractivity contribution in [3.05, 3.63) is 52.9 Å². The van der Waals surface area contributed by atoms with Crippen molar-refractivity contribution in [3.8, 4) is 5.82 Å². The van der Waals surface area contributed by atoms with E-state index < -0.39 is 5.97 Å². The van der Waals surface area contributed by atoms with Crippen LogP contribution in [0, 0.1) is 0 Å². The Kier molecular flexibility index (Phi) is 3.61. The van der Waals surface area contributed by atoms with Crippen LogP contribution in [0.3, 0.4) is 0 Å². The molecular weight excluding hydrogens is 290 g/mol. The number of nitrogens with zero attached hydrogens (tertiary/aromatic N) is 4. The summed E-state index contributed by atoms with van der Waals surface area (Å²) in [5.74, 6) is -0.271. The first-order valence-electron chi connectivity index (χ1n) is 6.08. The maximum Gasteiger partial charge on any atom is 0.336 e. The second-order valence-corrected chi connectivity index (χ2v) is 5.17. The molecule has 3 aromatic rings. The van der Waals surface area contributed by atoms with Gasteiger partial charge >= 0.3 is 5.97 Å². The van der Waals surface area contributed by atoms with Crippen molar-refractivity contribution in [3.63, 3.8) is 0 Å². The summed E-state index contributed by atoms with van der Waals surface area (Å²) in [6.45, 7) is 0.519. The number of carboxylic acids is 1. The summed E-state index contributed by atoms with van der Waals surface area (Å²) in [5.41, 5.74) is 1.10. The van der Waals surface area contributed by atoms with E-state index in [2.05, 4.69) is 20.4 Å². The molecule has 0 aromatic carbocycles. The number of carbonyl (C=O) groups is 1. The first kappa shape index (κ1) is 13.3. The fraction of sp³-hybridized carbons (Fsp3) is 0.0769. The topological polar surface area (TPSA) is 92.9 Å². The summed E-state index contributed by atoms with van der Waals surface area (Å²) < 4.78 is 1.57. The second-order valence-electron chi connectivity index (χ2n) is 4.18. The van der Waals surface area contributed by atoms with Gasteiger partial charge in [0, 0.05) is 23.0 Å². The number of carboxylic acid groups (broad SMARTS) is 1. The number of aromatic nitrogens is 4. The van der Waals surface area contributed by atoms with Crippen LogP contribution in [0.4, 0.5) is 5.69 Å². The number of aromatic carboxylic acids is 1. The lowest BCUT2D eigenvalue weighted by molar-refractivity contribution is 0.0697. The molecule has 0 amide bonds. The summed E-state index contributed by atoms with van der Waals surface area (Å²) in [5, 5.41) is 17.8. The molecule has 0 radical (unpaired) electrons. The molecule has 21 heavy (non-hydrogen) atoms. The van der Waals surface area contributed by atoms with E-state index >= 15 is 0 Å². The number of nitrogens with one attached hydrogen (secondary N) is 1. The van der Waals surface area contributed by atoms with Gasteiger partial charge < -0.3 is 10.4 Å². The van der Waals surface area contributed by atoms with Gasteiger partial charge in [-0.05, 0) is 18.2 Å². The Morgan fingerprint density at radius 2 is 2.38 bits per heavy atom. The maximum atomic E-state index is 10.9. The number of pyridine rings is 1. The van der Waals surface area contributed by atoms with Gasteiger partial charge in [0.15, 0.2) is 5.82 Å². The van der Waals surface area contributed by atoms with E-state index in [1.807, 2.05) is 12.1 Å². The average Bonchev–Trinajstić information content (AvgIpc) is 3.17. The lowest BCUT2D eigenvalue weighted by Gasteiger charge is -2.09. The van der Waals surface area contributed by atoms with Gasteiger partial charge in [0.1, 0.15) is 12.7 Å². The summed E-state index contributed by atoms with van der Waals surface area (Å²) >= 11 is 1.40. The van der Waals surface area contributed by atoms with Gasteiger partial charge in [-0.3, -0.25) is 0 Å². The molecule has 3 aromatic heterocycles. The van der Waals surface area contributed by atoms with Crippen molar-refractivity contribution in [2.45, 2.75) is 6.54 Å². The number of anilines is 1. The smallest absolute Gasteiger partial charge is 0.336 e. The molecule has 8 heteroatoms. The molecule has 3 rings (SSSR count). The predicted octanol–water partition coefficient (Wildman–Crippen LogP) is 2.03. The molecule has 0 aliphatic carbocycles. The highest BCUT2D eigenvalue weighted by molar-refractivity contribution is 7.10. The number of thiophene rings is 1. The second kappa shape index (κ2) is 5.71. The molecular formula is C13H11N5O2S. The summed E-state index contributed by atoms with van der Waals surface area (Å²) in [6, 6.07) is 5.36. The summed E-state index contributed by atoms with van der Waals surface area (Å²) in [4.78, 5) is 20.0. The molecule has 0 fully saturated rings. The number of hydrogen-bond acceptors (Lipinski definition) is 6. The third-order valence-corrected chi connectivity index (χ3v) is 3.71. The van der Waals surface area contributed by atoms with Crippen molar-refractivity contribution in [2.75, 3.05) is 5.32 Å². The quantitative estimate of drug-likeness (QED) is 0.749. The molecule has 2 N–H and O–H groups in total. The van der Waals surface area contributed by atoms with Crippen molar-refractivity contribution in [2.24, 2.45) is 0 Å². The highest BCUT2D eigenvalue weighted by atomic mass is 32.1. The van der Waals surface area contributed by atoms with E-state index in [-0.39, 0.29) is 0 Å². The van der Waals surface area contributed by atoms with Gasteiger partial charge in [-0.1, -0.05) is 0 Å². The van der Waals surface area contributed by atoms with Crippen LogP contribution in [0.2, 0.25) is 0 Å². The van der Waals surface area contributed by atoms with E-state index in [9.17, 15) is 4.79 Å². The zero-order chi connectivity index (χ0) is 14.7. The van der Waals surface area contributed by atoms with Gasteiger partial charge in [-0.25, -0.2) is 19.4 Å². The Morgan fingerprint density at radius 1 is 1.48 bits per heavy atom. The molecule has 106 valence electrons. The molecule has 3 heterocycles. The SMILES string of the molecule is O=C(O)c1csc(CNc2cccnc2-n2cncn2)c1. The molecule has 0 saturated heterocycles. The van der Waals surface area contributed by atoms with E-state index in [1.165, 1.54) is 17.7 Å². The number of hydrogen-bond donors (Lipinski definition) is 2. The van der Waals surface area contributed by atoms with Crippen molar-refractivity contribution in [1.29, 1.82) is 0 Å². The zero-order valence-electron chi connectivity index (χ0n) is 10.8. The lowest BCUT2D eigenvalue weighted by Crippen LogP contribution is -2.06. The van der Waals surface area contributed by atoms with Crippen LogP contribution in [0.15, 0.2) is 42.4 Å². The van der Waals surface area contributed by atoms with Crippen molar-refractivity contribution >= 4 is 23.0 Å². The van der Waals surface area contributed by atoms with Crippen LogP contribution in [-0.2, 0) is 6.54 Å². The highest BCUT2D eigenvalue weighted by Gasteiger charge is 2.09. The molecule has 0 atom stereocenters. The van der Waals surface area contributed by atoms with Gasteiger partial charge in [0.05, 0.1) is 11.3 Å². The van der Waals surface area contributed by atoms with Crippen LogP contribution in [-0.4, -0.2) is 30.8 Å². The van der Waals surface area contributed by atoms with Crippen LogP contribution >= 0.6 is 11.3 Å². The van der Waals surface area contributed by atoms with Crippen molar-refractivity contribution in [1.82, 2.24) is 19.7 Å². The molecule has 0 saturated carbocycles. The fourth-order valence-corrected chi connectivity index (χ4v) is 2.60. The molecule has 0 spiro atoms. The Bertz CT molecular complexity index is 754. The molecule has 0 aliphatic rings. The number of rotatable bonds is 5. The first-order chi connectivity index (χ1) is 10.2. The van der Waals surface area contributed by atoms with Gasteiger partial charge in [-0.15, -0.1) is 11.3 Å². The summed E-state index contributed by atoms with van der Waals surface area (Å²) in [6.07, 6.45) is 4.69. The molecule has 0 aliphatic heterocycles. The Labute approximate surface area is 123 Å². The minimum atomic E-state index is -0.915. The third kappa shape index (κ3) is 2.90. The first-order valence-corrected chi connectivity index (χ1v) is 6.96. The van der Waals surface area contributed by atoms with E-state index in [0.717, 1.165) is 10.6 Å². The highest BCUT2D eigenvalue weighted by Crippen LogP contribution is 2.20. The average molecular weight is 301 g/mol. The molecule has 0 bridgehead atoms. The molecule has 0 unspecified atom stereocenters. The van der Waals surface area contributed by atoms with E-state index in [0.29, 0.717) is 17.9 Å². The largest absolute Gasteiger partial charge is 0.478 e. The third-order valence-electron chi connectivity index (χ3n) is 2.78. The van der Waals surface area contributed by atoms with Gasteiger partial charge in [-0.2, -0.15) is 5.10 Å². The Hall–Kier alpha value is -2.74. The zero-order valence-corrected chi connectivity index (χ0v) is 11.6. The normalized spacial score (nSPS) is 10.5. The Balaban J connectivity index is 1.77. The lowest BCUT2D eigenvalue weighted by atomic mass is 10.3. The predicted molar refractivity (Wildman–Crippen MR) is 77.8 cm³/mol. The van der Waals surface area contributed by atoms with E-state index in [4.69, 9.17) is 5.11 Å². The van der Waals surface area contributed by atoms with Crippen LogP contribution in [0.1, 0.15) is 15.2 Å².